The Morgan fingerprint density at radius 3 is 2.66 bits per heavy atom. The van der Waals surface area contributed by atoms with Crippen molar-refractivity contribution in [2.24, 2.45) is 5.92 Å². The SMILES string of the molecule is Cl.Fc1cc(F)cc(OCCCCCCc2ccc3nc(NC[C@H]4CCNC4)oc3c2)c1. The summed E-state index contributed by atoms with van der Waals surface area (Å²) in [4.78, 5) is 4.52. The van der Waals surface area contributed by atoms with Gasteiger partial charge in [-0.05, 0) is 62.4 Å². The summed E-state index contributed by atoms with van der Waals surface area (Å²) in [6.45, 7) is 3.47. The Labute approximate surface area is 193 Å². The summed E-state index contributed by atoms with van der Waals surface area (Å²) < 4.78 is 37.6. The summed E-state index contributed by atoms with van der Waals surface area (Å²) in [7, 11) is 0. The molecule has 0 bridgehead atoms. The molecule has 1 aromatic heterocycles. The topological polar surface area (TPSA) is 59.3 Å². The smallest absolute Gasteiger partial charge is 0.295 e. The molecule has 2 heterocycles. The lowest BCUT2D eigenvalue weighted by Gasteiger charge is -2.07. The van der Waals surface area contributed by atoms with E-state index in [1.807, 2.05) is 6.07 Å². The maximum Gasteiger partial charge on any atom is 0.295 e. The number of oxazole rings is 1. The van der Waals surface area contributed by atoms with Crippen LogP contribution in [0.1, 0.15) is 37.7 Å². The normalized spacial score (nSPS) is 15.6. The summed E-state index contributed by atoms with van der Waals surface area (Å²) in [5, 5.41) is 6.68. The van der Waals surface area contributed by atoms with Gasteiger partial charge >= 0.3 is 0 Å². The van der Waals surface area contributed by atoms with Crippen LogP contribution in [0.25, 0.3) is 11.1 Å². The third-order valence-corrected chi connectivity index (χ3v) is 5.62. The van der Waals surface area contributed by atoms with E-state index in [2.05, 4.69) is 27.8 Å². The standard InChI is InChI=1S/C24H29F2N3O2.ClH/c25-19-12-20(26)14-21(13-19)30-10-4-2-1-3-5-17-6-7-22-23(11-17)31-24(29-22)28-16-18-8-9-27-15-18;/h6-7,11-14,18,27H,1-5,8-10,15-16H2,(H,28,29);1H/t18-;/m0./s1. The van der Waals surface area contributed by atoms with Crippen molar-refractivity contribution in [2.45, 2.75) is 38.5 Å². The Morgan fingerprint density at radius 1 is 1.06 bits per heavy atom. The van der Waals surface area contributed by atoms with Crippen molar-refractivity contribution in [3.63, 3.8) is 0 Å². The number of nitrogens with one attached hydrogen (secondary N) is 2. The molecule has 0 spiro atoms. The van der Waals surface area contributed by atoms with E-state index in [1.54, 1.807) is 0 Å². The van der Waals surface area contributed by atoms with E-state index in [-0.39, 0.29) is 18.2 Å². The van der Waals surface area contributed by atoms with E-state index in [9.17, 15) is 8.78 Å². The molecule has 0 radical (unpaired) electrons. The minimum absolute atomic E-state index is 0. The fourth-order valence-electron chi connectivity index (χ4n) is 3.91. The highest BCUT2D eigenvalue weighted by Gasteiger charge is 2.15. The van der Waals surface area contributed by atoms with Crippen molar-refractivity contribution < 1.29 is 17.9 Å². The molecule has 1 fully saturated rings. The minimum Gasteiger partial charge on any atom is -0.493 e. The van der Waals surface area contributed by atoms with E-state index >= 15 is 0 Å². The van der Waals surface area contributed by atoms with Crippen LogP contribution < -0.4 is 15.4 Å². The highest BCUT2D eigenvalue weighted by atomic mass is 35.5. The molecule has 1 atom stereocenters. The summed E-state index contributed by atoms with van der Waals surface area (Å²) in [6.07, 6.45) is 6.15. The van der Waals surface area contributed by atoms with Gasteiger partial charge in [-0.1, -0.05) is 18.9 Å². The van der Waals surface area contributed by atoms with Gasteiger partial charge in [-0.2, -0.15) is 4.98 Å². The van der Waals surface area contributed by atoms with Crippen molar-refractivity contribution in [3.8, 4) is 5.75 Å². The third kappa shape index (κ3) is 7.07. The zero-order valence-electron chi connectivity index (χ0n) is 18.0. The van der Waals surface area contributed by atoms with Crippen molar-refractivity contribution in [2.75, 3.05) is 31.6 Å². The van der Waals surface area contributed by atoms with Gasteiger partial charge in [0.15, 0.2) is 5.58 Å². The Kier molecular flexibility index (Phi) is 9.11. The molecule has 8 heteroatoms. The number of unbranched alkanes of at least 4 members (excludes halogenated alkanes) is 3. The molecular weight excluding hydrogens is 436 g/mol. The van der Waals surface area contributed by atoms with E-state index in [4.69, 9.17) is 9.15 Å². The summed E-state index contributed by atoms with van der Waals surface area (Å²) >= 11 is 0. The van der Waals surface area contributed by atoms with Crippen molar-refractivity contribution in [1.82, 2.24) is 10.3 Å². The second-order valence-corrected chi connectivity index (χ2v) is 8.18. The van der Waals surface area contributed by atoms with Crippen LogP contribution in [0.4, 0.5) is 14.8 Å². The third-order valence-electron chi connectivity index (χ3n) is 5.62. The van der Waals surface area contributed by atoms with Crippen LogP contribution in [0.2, 0.25) is 0 Å². The van der Waals surface area contributed by atoms with Gasteiger partial charge in [0.05, 0.1) is 6.61 Å². The van der Waals surface area contributed by atoms with Crippen molar-refractivity contribution in [1.29, 1.82) is 0 Å². The molecule has 32 heavy (non-hydrogen) atoms. The van der Waals surface area contributed by atoms with Crippen molar-refractivity contribution in [3.05, 3.63) is 53.6 Å². The van der Waals surface area contributed by atoms with Crippen molar-refractivity contribution >= 4 is 29.5 Å². The molecule has 0 unspecified atom stereocenters. The molecule has 0 amide bonds. The summed E-state index contributed by atoms with van der Waals surface area (Å²) in [5.41, 5.74) is 2.93. The number of aryl methyl sites for hydroxylation is 1. The molecule has 174 valence electrons. The molecule has 1 aliphatic rings. The fraction of sp³-hybridized carbons (Fsp3) is 0.458. The molecule has 0 aliphatic carbocycles. The number of nitrogens with zero attached hydrogens (tertiary/aromatic N) is 1. The number of ether oxygens (including phenoxy) is 1. The Morgan fingerprint density at radius 2 is 1.88 bits per heavy atom. The van der Waals surface area contributed by atoms with Crippen LogP contribution in [0.15, 0.2) is 40.8 Å². The Bertz CT molecular complexity index is 972. The molecular formula is C24H30ClF2N3O2. The highest BCUT2D eigenvalue weighted by molar-refractivity contribution is 5.85. The minimum atomic E-state index is -0.618. The van der Waals surface area contributed by atoms with Gasteiger partial charge in [-0.25, -0.2) is 8.78 Å². The molecule has 2 N–H and O–H groups in total. The predicted molar refractivity (Wildman–Crippen MR) is 125 cm³/mol. The van der Waals surface area contributed by atoms with Gasteiger partial charge in [-0.15, -0.1) is 12.4 Å². The highest BCUT2D eigenvalue weighted by Crippen LogP contribution is 2.22. The lowest BCUT2D eigenvalue weighted by atomic mass is 10.1. The maximum absolute atomic E-state index is 13.1. The fourth-order valence-corrected chi connectivity index (χ4v) is 3.91. The first kappa shape index (κ1) is 24.3. The zero-order valence-corrected chi connectivity index (χ0v) is 18.9. The zero-order chi connectivity index (χ0) is 21.5. The number of aromatic nitrogens is 1. The number of hydrogen-bond donors (Lipinski definition) is 2. The van der Waals surface area contributed by atoms with Crippen LogP contribution in [0.5, 0.6) is 5.75 Å². The van der Waals surface area contributed by atoms with Crippen LogP contribution in [0.3, 0.4) is 0 Å². The largest absolute Gasteiger partial charge is 0.493 e. The number of benzene rings is 2. The maximum atomic E-state index is 13.1. The number of rotatable bonds is 11. The predicted octanol–water partition coefficient (Wildman–Crippen LogP) is 5.73. The van der Waals surface area contributed by atoms with E-state index in [0.717, 1.165) is 68.9 Å². The first-order valence-electron chi connectivity index (χ1n) is 11.1. The average molecular weight is 466 g/mol. The molecule has 2 aromatic carbocycles. The van der Waals surface area contributed by atoms with Crippen LogP contribution in [0, 0.1) is 17.6 Å². The molecule has 3 aromatic rings. The first-order valence-corrected chi connectivity index (χ1v) is 11.1. The van der Waals surface area contributed by atoms with E-state index < -0.39 is 11.6 Å². The second-order valence-electron chi connectivity index (χ2n) is 8.18. The average Bonchev–Trinajstić information content (AvgIpc) is 3.40. The van der Waals surface area contributed by atoms with Gasteiger partial charge in [-0.3, -0.25) is 0 Å². The van der Waals surface area contributed by atoms with Gasteiger partial charge in [0.25, 0.3) is 6.01 Å². The quantitative estimate of drug-likeness (QED) is 0.354. The monoisotopic (exact) mass is 465 g/mol. The molecule has 5 nitrogen and oxygen atoms in total. The number of fused-ring (bicyclic) bond motifs is 1. The van der Waals surface area contributed by atoms with E-state index in [0.29, 0.717) is 18.5 Å². The number of halogens is 3. The molecule has 1 saturated heterocycles. The van der Waals surface area contributed by atoms with Gasteiger partial charge < -0.3 is 19.8 Å². The van der Waals surface area contributed by atoms with Crippen LogP contribution in [-0.4, -0.2) is 31.2 Å². The summed E-state index contributed by atoms with van der Waals surface area (Å²) in [6, 6.07) is 10.0. The molecule has 0 saturated carbocycles. The van der Waals surface area contributed by atoms with Gasteiger partial charge in [0.2, 0.25) is 0 Å². The number of anilines is 1. The molecule has 1 aliphatic heterocycles. The Balaban J connectivity index is 0.00000289. The Hall–Kier alpha value is -2.38. The first-order chi connectivity index (χ1) is 15.2. The number of hydrogen-bond acceptors (Lipinski definition) is 5. The summed E-state index contributed by atoms with van der Waals surface area (Å²) in [5.74, 6) is -0.363. The lowest BCUT2D eigenvalue weighted by Crippen LogP contribution is -2.17. The van der Waals surface area contributed by atoms with Gasteiger partial charge in [0, 0.05) is 24.7 Å². The van der Waals surface area contributed by atoms with E-state index in [1.165, 1.54) is 24.1 Å². The molecule has 4 rings (SSSR count). The lowest BCUT2D eigenvalue weighted by molar-refractivity contribution is 0.301. The van der Waals surface area contributed by atoms with Crippen LogP contribution >= 0.6 is 12.4 Å². The van der Waals surface area contributed by atoms with Gasteiger partial charge in [0.1, 0.15) is 22.9 Å². The van der Waals surface area contributed by atoms with Crippen LogP contribution in [-0.2, 0) is 6.42 Å². The second kappa shape index (κ2) is 12.0.